The lowest BCUT2D eigenvalue weighted by atomic mass is 9.97. The molecular weight excluding hydrogens is 307 g/mol. The number of benzene rings is 1. The van der Waals surface area contributed by atoms with Crippen LogP contribution in [0.2, 0.25) is 0 Å². The highest BCUT2D eigenvalue weighted by Gasteiger charge is 2.47. The van der Waals surface area contributed by atoms with Crippen LogP contribution in [-0.2, 0) is 11.2 Å². The van der Waals surface area contributed by atoms with Gasteiger partial charge in [-0.3, -0.25) is 4.79 Å². The monoisotopic (exact) mass is 322 g/mol. The molecule has 2 unspecified atom stereocenters. The largest absolute Gasteiger partial charge is 0.408 e. The normalized spacial score (nSPS) is 22.7. The number of piperidine rings is 1. The SMILES string of the molecule is NC1CCC(C(F)(F)F)N(C(=O)Cc2cccc(F)c2F)C1. The number of nitrogens with two attached hydrogens (primary N) is 1. The van der Waals surface area contributed by atoms with E-state index in [1.807, 2.05) is 0 Å². The summed E-state index contributed by atoms with van der Waals surface area (Å²) in [4.78, 5) is 12.7. The minimum Gasteiger partial charge on any atom is -0.329 e. The molecule has 122 valence electrons. The zero-order valence-corrected chi connectivity index (χ0v) is 11.5. The first kappa shape index (κ1) is 16.7. The summed E-state index contributed by atoms with van der Waals surface area (Å²) in [5, 5.41) is 0. The highest BCUT2D eigenvalue weighted by atomic mass is 19.4. The van der Waals surface area contributed by atoms with Gasteiger partial charge < -0.3 is 10.6 Å². The molecule has 0 bridgehead atoms. The molecule has 0 aliphatic carbocycles. The van der Waals surface area contributed by atoms with Gasteiger partial charge in [0.05, 0.1) is 6.42 Å². The predicted molar refractivity (Wildman–Crippen MR) is 68.8 cm³/mol. The molecule has 0 radical (unpaired) electrons. The number of hydrogen-bond acceptors (Lipinski definition) is 2. The Morgan fingerprint density at radius 2 is 1.95 bits per heavy atom. The van der Waals surface area contributed by atoms with Gasteiger partial charge in [0, 0.05) is 18.2 Å². The minimum absolute atomic E-state index is 0.155. The average Bonchev–Trinajstić information content (AvgIpc) is 2.42. The van der Waals surface area contributed by atoms with Gasteiger partial charge in [0.15, 0.2) is 11.6 Å². The number of hydrogen-bond donors (Lipinski definition) is 1. The van der Waals surface area contributed by atoms with Crippen LogP contribution in [0.4, 0.5) is 22.0 Å². The average molecular weight is 322 g/mol. The number of carbonyl (C=O) groups excluding carboxylic acids is 1. The molecule has 22 heavy (non-hydrogen) atoms. The fourth-order valence-electron chi connectivity index (χ4n) is 2.56. The van der Waals surface area contributed by atoms with Crippen molar-refractivity contribution in [1.82, 2.24) is 4.90 Å². The summed E-state index contributed by atoms with van der Waals surface area (Å²) < 4.78 is 65.6. The van der Waals surface area contributed by atoms with Crippen molar-refractivity contribution in [2.24, 2.45) is 5.73 Å². The number of likely N-dealkylation sites (tertiary alicyclic amines) is 1. The van der Waals surface area contributed by atoms with E-state index in [1.54, 1.807) is 0 Å². The molecule has 1 amide bonds. The van der Waals surface area contributed by atoms with Crippen molar-refractivity contribution in [2.75, 3.05) is 6.54 Å². The first-order valence-corrected chi connectivity index (χ1v) is 6.74. The summed E-state index contributed by atoms with van der Waals surface area (Å²) >= 11 is 0. The van der Waals surface area contributed by atoms with Crippen LogP contribution < -0.4 is 5.73 Å². The first-order chi connectivity index (χ1) is 10.2. The molecule has 1 aromatic carbocycles. The van der Waals surface area contributed by atoms with Crippen molar-refractivity contribution < 1.29 is 26.7 Å². The maximum absolute atomic E-state index is 13.5. The van der Waals surface area contributed by atoms with E-state index in [9.17, 15) is 26.7 Å². The molecule has 1 fully saturated rings. The predicted octanol–water partition coefficient (Wildman–Crippen LogP) is 2.39. The molecule has 3 nitrogen and oxygen atoms in total. The quantitative estimate of drug-likeness (QED) is 0.850. The fraction of sp³-hybridized carbons (Fsp3) is 0.500. The van der Waals surface area contributed by atoms with E-state index in [2.05, 4.69) is 0 Å². The molecule has 2 rings (SSSR count). The molecule has 1 aliphatic heterocycles. The third-order valence-corrected chi connectivity index (χ3v) is 3.69. The molecule has 2 atom stereocenters. The molecule has 1 aromatic rings. The third-order valence-electron chi connectivity index (χ3n) is 3.69. The van der Waals surface area contributed by atoms with E-state index in [0.717, 1.165) is 6.07 Å². The lowest BCUT2D eigenvalue weighted by Crippen LogP contribution is -2.57. The van der Waals surface area contributed by atoms with Crippen LogP contribution in [0.25, 0.3) is 0 Å². The highest BCUT2D eigenvalue weighted by molar-refractivity contribution is 5.79. The van der Waals surface area contributed by atoms with E-state index in [-0.39, 0.29) is 24.9 Å². The number of amides is 1. The van der Waals surface area contributed by atoms with Crippen LogP contribution in [0, 0.1) is 11.6 Å². The van der Waals surface area contributed by atoms with Crippen molar-refractivity contribution >= 4 is 5.91 Å². The highest BCUT2D eigenvalue weighted by Crippen LogP contribution is 2.32. The second kappa shape index (κ2) is 6.20. The molecule has 0 spiro atoms. The Balaban J connectivity index is 2.20. The van der Waals surface area contributed by atoms with Crippen LogP contribution in [0.3, 0.4) is 0 Å². The van der Waals surface area contributed by atoms with Gasteiger partial charge in [0.25, 0.3) is 0 Å². The Kier molecular flexibility index (Phi) is 4.69. The molecule has 1 aliphatic rings. The molecule has 8 heteroatoms. The summed E-state index contributed by atoms with van der Waals surface area (Å²) in [6.45, 7) is -0.250. The van der Waals surface area contributed by atoms with E-state index in [4.69, 9.17) is 5.73 Å². The molecule has 1 heterocycles. The summed E-state index contributed by atoms with van der Waals surface area (Å²) in [5.74, 6) is -3.28. The number of halogens is 5. The smallest absolute Gasteiger partial charge is 0.329 e. The van der Waals surface area contributed by atoms with E-state index >= 15 is 0 Å². The Bertz CT molecular complexity index is 561. The second-order valence-corrected chi connectivity index (χ2v) is 5.33. The Hall–Kier alpha value is -1.70. The number of alkyl halides is 3. The molecule has 2 N–H and O–H groups in total. The van der Waals surface area contributed by atoms with E-state index in [1.165, 1.54) is 12.1 Å². The van der Waals surface area contributed by atoms with Crippen molar-refractivity contribution in [3.63, 3.8) is 0 Å². The van der Waals surface area contributed by atoms with Crippen molar-refractivity contribution in [3.8, 4) is 0 Å². The fourth-order valence-corrected chi connectivity index (χ4v) is 2.56. The Morgan fingerprint density at radius 3 is 2.59 bits per heavy atom. The van der Waals surface area contributed by atoms with Crippen molar-refractivity contribution in [1.29, 1.82) is 0 Å². The van der Waals surface area contributed by atoms with Gasteiger partial charge in [-0.15, -0.1) is 0 Å². The van der Waals surface area contributed by atoms with E-state index < -0.39 is 42.2 Å². The topological polar surface area (TPSA) is 46.3 Å². The van der Waals surface area contributed by atoms with Gasteiger partial charge in [-0.05, 0) is 18.9 Å². The number of rotatable bonds is 2. The third kappa shape index (κ3) is 3.55. The van der Waals surface area contributed by atoms with Crippen LogP contribution in [-0.4, -0.2) is 35.6 Å². The van der Waals surface area contributed by atoms with Gasteiger partial charge in [-0.1, -0.05) is 12.1 Å². The summed E-state index contributed by atoms with van der Waals surface area (Å²) in [6.07, 6.45) is -5.34. The standard InChI is InChI=1S/C14H15F5N2O/c15-10-3-1-2-8(13(10)16)6-12(22)21-7-9(20)4-5-11(21)14(17,18)19/h1-3,9,11H,4-7,20H2. The Morgan fingerprint density at radius 1 is 1.27 bits per heavy atom. The zero-order valence-electron chi connectivity index (χ0n) is 11.5. The minimum atomic E-state index is -4.57. The van der Waals surface area contributed by atoms with Crippen LogP contribution in [0.15, 0.2) is 18.2 Å². The van der Waals surface area contributed by atoms with Gasteiger partial charge in [0.2, 0.25) is 5.91 Å². The van der Waals surface area contributed by atoms with Crippen molar-refractivity contribution in [3.05, 3.63) is 35.4 Å². The second-order valence-electron chi connectivity index (χ2n) is 5.33. The lowest BCUT2D eigenvalue weighted by molar-refractivity contribution is -0.196. The molecule has 0 saturated carbocycles. The van der Waals surface area contributed by atoms with Gasteiger partial charge >= 0.3 is 6.18 Å². The van der Waals surface area contributed by atoms with Gasteiger partial charge in [0.1, 0.15) is 6.04 Å². The van der Waals surface area contributed by atoms with Gasteiger partial charge in [-0.25, -0.2) is 8.78 Å². The zero-order chi connectivity index (χ0) is 16.5. The molecule has 0 aromatic heterocycles. The summed E-state index contributed by atoms with van der Waals surface area (Å²) in [7, 11) is 0. The van der Waals surface area contributed by atoms with Gasteiger partial charge in [-0.2, -0.15) is 13.2 Å². The van der Waals surface area contributed by atoms with Crippen LogP contribution in [0.5, 0.6) is 0 Å². The molecule has 1 saturated heterocycles. The number of carbonyl (C=O) groups is 1. The number of nitrogens with zero attached hydrogens (tertiary/aromatic N) is 1. The molecular formula is C14H15F5N2O. The lowest BCUT2D eigenvalue weighted by Gasteiger charge is -2.39. The van der Waals surface area contributed by atoms with Crippen molar-refractivity contribution in [2.45, 2.75) is 37.5 Å². The maximum Gasteiger partial charge on any atom is 0.408 e. The summed E-state index contributed by atoms with van der Waals surface area (Å²) in [6, 6.07) is 0.752. The maximum atomic E-state index is 13.5. The van der Waals surface area contributed by atoms with Crippen LogP contribution in [0.1, 0.15) is 18.4 Å². The summed E-state index contributed by atoms with van der Waals surface area (Å²) in [5.41, 5.74) is 5.35. The van der Waals surface area contributed by atoms with Crippen LogP contribution >= 0.6 is 0 Å². The Labute approximate surface area is 123 Å². The van der Waals surface area contributed by atoms with E-state index in [0.29, 0.717) is 4.90 Å². The first-order valence-electron chi connectivity index (χ1n) is 6.74.